The average Bonchev–Trinajstić information content (AvgIpc) is 2.29. The van der Waals surface area contributed by atoms with Gasteiger partial charge in [-0.05, 0) is 38.8 Å². The third kappa shape index (κ3) is 1.92. The lowest BCUT2D eigenvalue weighted by molar-refractivity contribution is 0.381. The number of aryl methyl sites for hydroxylation is 1. The number of hydrogen-bond donors (Lipinski definition) is 0. The van der Waals surface area contributed by atoms with Gasteiger partial charge in [0.15, 0.2) is 5.82 Å². The van der Waals surface area contributed by atoms with Crippen LogP contribution in [0.15, 0.2) is 23.3 Å². The van der Waals surface area contributed by atoms with Crippen molar-refractivity contribution in [3.8, 4) is 0 Å². The maximum absolute atomic E-state index is 14.1. The monoisotopic (exact) mass is 248 g/mol. The summed E-state index contributed by atoms with van der Waals surface area (Å²) in [5.41, 5.74) is 0.190. The summed E-state index contributed by atoms with van der Waals surface area (Å²) in [5.74, 6) is -0.381. The van der Waals surface area contributed by atoms with Crippen LogP contribution >= 0.6 is 0 Å². The number of nitrogens with zero attached hydrogens (tertiary/aromatic N) is 2. The number of rotatable bonds is 1. The summed E-state index contributed by atoms with van der Waals surface area (Å²) < 4.78 is 15.6. The molecule has 0 N–H and O–H groups in total. The highest BCUT2D eigenvalue weighted by Crippen LogP contribution is 2.18. The Balaban J connectivity index is 2.83. The molecule has 0 spiro atoms. The largest absolute Gasteiger partial charge is 0.293 e. The Kier molecular flexibility index (Phi) is 2.97. The van der Waals surface area contributed by atoms with E-state index in [1.807, 2.05) is 27.7 Å². The van der Waals surface area contributed by atoms with Gasteiger partial charge in [-0.2, -0.15) is 0 Å². The van der Waals surface area contributed by atoms with E-state index in [2.05, 4.69) is 4.98 Å². The van der Waals surface area contributed by atoms with Crippen LogP contribution in [0.1, 0.15) is 33.3 Å². The molecule has 0 bridgehead atoms. The molecule has 1 aromatic heterocycles. The second-order valence-electron chi connectivity index (χ2n) is 5.38. The van der Waals surface area contributed by atoms with Gasteiger partial charge in [-0.15, -0.1) is 0 Å². The van der Waals surface area contributed by atoms with E-state index < -0.39 is 0 Å². The summed E-state index contributed by atoms with van der Waals surface area (Å²) >= 11 is 0. The van der Waals surface area contributed by atoms with Crippen LogP contribution in [0.3, 0.4) is 0 Å². The average molecular weight is 248 g/mol. The third-order valence-electron chi connectivity index (χ3n) is 3.05. The quantitative estimate of drug-likeness (QED) is 0.777. The van der Waals surface area contributed by atoms with E-state index in [0.717, 1.165) is 0 Å². The Morgan fingerprint density at radius 3 is 2.56 bits per heavy atom. The molecule has 0 saturated carbocycles. The first-order chi connectivity index (χ1) is 8.36. The molecule has 0 radical (unpaired) electrons. The molecule has 0 saturated heterocycles. The van der Waals surface area contributed by atoms with Crippen LogP contribution < -0.4 is 5.56 Å². The molecule has 2 rings (SSSR count). The zero-order valence-electron chi connectivity index (χ0n) is 11.1. The summed E-state index contributed by atoms with van der Waals surface area (Å²) in [5, 5.41) is 0.335. The topological polar surface area (TPSA) is 34.9 Å². The smallest absolute Gasteiger partial charge is 0.261 e. The van der Waals surface area contributed by atoms with Crippen molar-refractivity contribution in [1.29, 1.82) is 0 Å². The minimum Gasteiger partial charge on any atom is -0.293 e. The van der Waals surface area contributed by atoms with Crippen LogP contribution in [0, 0.1) is 5.82 Å². The molecule has 1 aromatic carbocycles. The number of aromatic nitrogens is 2. The Morgan fingerprint density at radius 2 is 2.00 bits per heavy atom. The lowest BCUT2D eigenvalue weighted by atomic mass is 10.1. The van der Waals surface area contributed by atoms with Crippen molar-refractivity contribution >= 4 is 10.9 Å². The first kappa shape index (κ1) is 12.7. The second-order valence-corrected chi connectivity index (χ2v) is 5.38. The van der Waals surface area contributed by atoms with Gasteiger partial charge in [-0.3, -0.25) is 9.36 Å². The van der Waals surface area contributed by atoms with Crippen LogP contribution in [0.5, 0.6) is 0 Å². The van der Waals surface area contributed by atoms with Gasteiger partial charge >= 0.3 is 0 Å². The molecule has 2 aromatic rings. The number of benzene rings is 1. The van der Waals surface area contributed by atoms with Crippen LogP contribution in [-0.4, -0.2) is 9.55 Å². The van der Waals surface area contributed by atoms with Gasteiger partial charge in [0, 0.05) is 5.54 Å². The first-order valence-corrected chi connectivity index (χ1v) is 6.05. The molecule has 0 atom stereocenters. The van der Waals surface area contributed by atoms with Crippen LogP contribution in [0.2, 0.25) is 0 Å². The Bertz CT molecular complexity index is 653. The highest BCUT2D eigenvalue weighted by molar-refractivity contribution is 5.78. The lowest BCUT2D eigenvalue weighted by Crippen LogP contribution is -2.34. The van der Waals surface area contributed by atoms with Gasteiger partial charge in [-0.25, -0.2) is 9.37 Å². The van der Waals surface area contributed by atoms with E-state index in [9.17, 15) is 9.18 Å². The summed E-state index contributed by atoms with van der Waals surface area (Å²) in [6, 6.07) is 3.32. The third-order valence-corrected chi connectivity index (χ3v) is 3.05. The van der Waals surface area contributed by atoms with E-state index in [4.69, 9.17) is 0 Å². The van der Waals surface area contributed by atoms with E-state index in [-0.39, 0.29) is 22.4 Å². The molecule has 1 heterocycles. The number of halogens is 1. The summed E-state index contributed by atoms with van der Waals surface area (Å²) in [6.07, 6.45) is 2.01. The molecule has 96 valence electrons. The van der Waals surface area contributed by atoms with Crippen molar-refractivity contribution in [1.82, 2.24) is 9.55 Å². The van der Waals surface area contributed by atoms with Crippen molar-refractivity contribution in [3.05, 3.63) is 40.2 Å². The standard InChI is InChI=1S/C14H17FN2O/c1-5-9-6-7-10-12(11(9)15)16-8-17(13(10)18)14(2,3)4/h6-8H,5H2,1-4H3. The van der Waals surface area contributed by atoms with E-state index in [1.165, 1.54) is 10.9 Å². The molecule has 0 aliphatic heterocycles. The first-order valence-electron chi connectivity index (χ1n) is 6.05. The highest BCUT2D eigenvalue weighted by atomic mass is 19.1. The fraction of sp³-hybridized carbons (Fsp3) is 0.429. The maximum atomic E-state index is 14.1. The molecule has 4 heteroatoms. The lowest BCUT2D eigenvalue weighted by Gasteiger charge is -2.22. The van der Waals surface area contributed by atoms with Crippen molar-refractivity contribution in [2.24, 2.45) is 0 Å². The predicted molar refractivity (Wildman–Crippen MR) is 70.3 cm³/mol. The SMILES string of the molecule is CCc1ccc2c(=O)n(C(C)(C)C)cnc2c1F. The summed E-state index contributed by atoms with van der Waals surface area (Å²) in [7, 11) is 0. The fourth-order valence-electron chi connectivity index (χ4n) is 1.95. The van der Waals surface area contributed by atoms with Gasteiger partial charge in [0.25, 0.3) is 5.56 Å². The molecule has 3 nitrogen and oxygen atoms in total. The molecule has 18 heavy (non-hydrogen) atoms. The van der Waals surface area contributed by atoms with Crippen LogP contribution in [0.4, 0.5) is 4.39 Å². The minimum absolute atomic E-state index is 0.167. The highest BCUT2D eigenvalue weighted by Gasteiger charge is 2.18. The van der Waals surface area contributed by atoms with Gasteiger partial charge in [0.1, 0.15) is 5.52 Å². The zero-order chi connectivity index (χ0) is 13.5. The van der Waals surface area contributed by atoms with Gasteiger partial charge in [0.2, 0.25) is 0 Å². The van der Waals surface area contributed by atoms with E-state index in [1.54, 1.807) is 12.1 Å². The van der Waals surface area contributed by atoms with Crippen molar-refractivity contribution in [2.75, 3.05) is 0 Å². The number of hydrogen-bond acceptors (Lipinski definition) is 2. The van der Waals surface area contributed by atoms with E-state index >= 15 is 0 Å². The summed E-state index contributed by atoms with van der Waals surface area (Å²) in [4.78, 5) is 16.4. The molecular weight excluding hydrogens is 231 g/mol. The predicted octanol–water partition coefficient (Wildman–Crippen LogP) is 2.85. The molecular formula is C14H17FN2O. The summed E-state index contributed by atoms with van der Waals surface area (Å²) in [6.45, 7) is 7.62. The Hall–Kier alpha value is -1.71. The molecule has 0 unspecified atom stereocenters. The zero-order valence-corrected chi connectivity index (χ0v) is 11.1. The molecule has 0 fully saturated rings. The molecule has 0 aliphatic carbocycles. The van der Waals surface area contributed by atoms with Crippen LogP contribution in [-0.2, 0) is 12.0 Å². The fourth-order valence-corrected chi connectivity index (χ4v) is 1.95. The van der Waals surface area contributed by atoms with Gasteiger partial charge < -0.3 is 0 Å². The second kappa shape index (κ2) is 4.19. The molecule has 0 aliphatic rings. The van der Waals surface area contributed by atoms with Crippen molar-refractivity contribution < 1.29 is 4.39 Å². The number of fused-ring (bicyclic) bond motifs is 1. The van der Waals surface area contributed by atoms with Gasteiger partial charge in [-0.1, -0.05) is 13.0 Å². The van der Waals surface area contributed by atoms with Crippen molar-refractivity contribution in [2.45, 2.75) is 39.7 Å². The van der Waals surface area contributed by atoms with Crippen molar-refractivity contribution in [3.63, 3.8) is 0 Å². The Morgan fingerprint density at radius 1 is 1.33 bits per heavy atom. The van der Waals surface area contributed by atoms with Crippen LogP contribution in [0.25, 0.3) is 10.9 Å². The maximum Gasteiger partial charge on any atom is 0.261 e. The normalized spacial score (nSPS) is 12.1. The Labute approximate surface area is 105 Å². The van der Waals surface area contributed by atoms with E-state index in [0.29, 0.717) is 17.4 Å². The minimum atomic E-state index is -0.381. The van der Waals surface area contributed by atoms with Gasteiger partial charge in [0.05, 0.1) is 11.7 Å². The molecule has 0 amide bonds.